The Kier molecular flexibility index (Phi) is 6.89. The number of halogens is 2. The largest absolute Gasteiger partial charge is 0.370 e. The summed E-state index contributed by atoms with van der Waals surface area (Å²) in [5.74, 6) is -0.164. The molecular formula is C22H24Cl2N2O4S. The highest BCUT2D eigenvalue weighted by atomic mass is 35.5. The van der Waals surface area contributed by atoms with Gasteiger partial charge in [0.1, 0.15) is 6.10 Å². The van der Waals surface area contributed by atoms with Crippen molar-refractivity contribution in [1.29, 1.82) is 0 Å². The molecule has 0 N–H and O–H groups in total. The number of benzene rings is 2. The zero-order chi connectivity index (χ0) is 22.0. The van der Waals surface area contributed by atoms with Gasteiger partial charge in [-0.1, -0.05) is 29.6 Å². The van der Waals surface area contributed by atoms with Crippen LogP contribution >= 0.6 is 23.2 Å². The number of hydrogen-bond donors (Lipinski definition) is 0. The minimum absolute atomic E-state index is 0.164. The van der Waals surface area contributed by atoms with Gasteiger partial charge in [0.25, 0.3) is 5.91 Å². The van der Waals surface area contributed by atoms with Crippen LogP contribution < -0.4 is 0 Å². The van der Waals surface area contributed by atoms with Crippen molar-refractivity contribution in [3.8, 4) is 0 Å². The van der Waals surface area contributed by atoms with E-state index in [1.54, 1.807) is 35.2 Å². The molecule has 2 saturated heterocycles. The molecule has 4 rings (SSSR count). The minimum Gasteiger partial charge on any atom is -0.370 e. The number of carbonyl (C=O) groups is 1. The monoisotopic (exact) mass is 482 g/mol. The van der Waals surface area contributed by atoms with Gasteiger partial charge < -0.3 is 9.64 Å². The molecule has 0 saturated carbocycles. The number of hydrogen-bond acceptors (Lipinski definition) is 4. The third-order valence-electron chi connectivity index (χ3n) is 5.66. The van der Waals surface area contributed by atoms with Crippen LogP contribution in [0.1, 0.15) is 41.3 Å². The van der Waals surface area contributed by atoms with Crippen molar-refractivity contribution >= 4 is 39.1 Å². The lowest BCUT2D eigenvalue weighted by atomic mass is 10.1. The molecule has 2 aromatic rings. The van der Waals surface area contributed by atoms with E-state index in [1.807, 2.05) is 0 Å². The molecule has 2 aliphatic rings. The molecule has 1 amide bonds. The van der Waals surface area contributed by atoms with Gasteiger partial charge in [0, 0.05) is 35.2 Å². The number of morpholine rings is 1. The molecule has 166 valence electrons. The molecule has 0 aromatic heterocycles. The van der Waals surface area contributed by atoms with Crippen molar-refractivity contribution in [2.45, 2.75) is 30.3 Å². The summed E-state index contributed by atoms with van der Waals surface area (Å²) in [5.41, 5.74) is 1.26. The zero-order valence-electron chi connectivity index (χ0n) is 17.0. The molecule has 0 bridgehead atoms. The van der Waals surface area contributed by atoms with E-state index in [2.05, 4.69) is 0 Å². The summed E-state index contributed by atoms with van der Waals surface area (Å²) >= 11 is 12.2. The van der Waals surface area contributed by atoms with E-state index in [0.29, 0.717) is 48.4 Å². The van der Waals surface area contributed by atoms with Crippen LogP contribution in [0.5, 0.6) is 0 Å². The first-order chi connectivity index (χ1) is 14.8. The first-order valence-corrected chi connectivity index (χ1v) is 12.5. The van der Waals surface area contributed by atoms with Crippen LogP contribution in [-0.4, -0.2) is 56.3 Å². The number of sulfonamides is 1. The van der Waals surface area contributed by atoms with Crippen LogP contribution in [0.2, 0.25) is 10.0 Å². The Morgan fingerprint density at radius 1 is 0.935 bits per heavy atom. The maximum absolute atomic E-state index is 13.0. The predicted octanol–water partition coefficient (Wildman–Crippen LogP) is 4.38. The summed E-state index contributed by atoms with van der Waals surface area (Å²) in [6.45, 7) is 2.31. The highest BCUT2D eigenvalue weighted by Crippen LogP contribution is 2.29. The van der Waals surface area contributed by atoms with E-state index in [1.165, 1.54) is 16.4 Å². The average molecular weight is 483 g/mol. The Morgan fingerprint density at radius 2 is 1.58 bits per heavy atom. The Balaban J connectivity index is 1.47. The maximum atomic E-state index is 13.0. The molecule has 0 unspecified atom stereocenters. The van der Waals surface area contributed by atoms with Crippen molar-refractivity contribution < 1.29 is 17.9 Å². The molecule has 0 spiro atoms. The van der Waals surface area contributed by atoms with Crippen LogP contribution in [0.3, 0.4) is 0 Å². The summed E-state index contributed by atoms with van der Waals surface area (Å²) in [6.07, 6.45) is 2.49. The Morgan fingerprint density at radius 3 is 2.23 bits per heavy atom. The quantitative estimate of drug-likeness (QED) is 0.648. The first kappa shape index (κ1) is 22.6. The van der Waals surface area contributed by atoms with E-state index < -0.39 is 10.0 Å². The van der Waals surface area contributed by atoms with Crippen molar-refractivity contribution in [2.24, 2.45) is 0 Å². The number of ether oxygens (including phenoxy) is 1. The van der Waals surface area contributed by atoms with E-state index in [0.717, 1.165) is 24.8 Å². The molecule has 2 fully saturated rings. The van der Waals surface area contributed by atoms with Crippen molar-refractivity contribution in [3.05, 3.63) is 63.6 Å². The van der Waals surface area contributed by atoms with Crippen LogP contribution in [0, 0.1) is 0 Å². The Labute approximate surface area is 192 Å². The van der Waals surface area contributed by atoms with Gasteiger partial charge in [-0.25, -0.2) is 8.42 Å². The van der Waals surface area contributed by atoms with Crippen molar-refractivity contribution in [3.63, 3.8) is 0 Å². The van der Waals surface area contributed by atoms with E-state index in [-0.39, 0.29) is 16.9 Å². The molecule has 2 aromatic carbocycles. The molecule has 0 aliphatic carbocycles. The van der Waals surface area contributed by atoms with Crippen molar-refractivity contribution in [1.82, 2.24) is 9.21 Å². The molecular weight excluding hydrogens is 459 g/mol. The van der Waals surface area contributed by atoms with Gasteiger partial charge in [-0.15, -0.1) is 0 Å². The normalized spacial score (nSPS) is 20.6. The fourth-order valence-electron chi connectivity index (χ4n) is 4.00. The summed E-state index contributed by atoms with van der Waals surface area (Å²) in [7, 11) is -3.52. The fraction of sp³-hybridized carbons (Fsp3) is 0.409. The van der Waals surface area contributed by atoms with Gasteiger partial charge in [-0.05, 0) is 60.9 Å². The fourth-order valence-corrected chi connectivity index (χ4v) is 6.06. The highest BCUT2D eigenvalue weighted by molar-refractivity contribution is 7.89. The summed E-state index contributed by atoms with van der Waals surface area (Å²) < 4.78 is 33.0. The topological polar surface area (TPSA) is 66.9 Å². The second kappa shape index (κ2) is 9.46. The molecule has 0 radical (unpaired) electrons. The lowest BCUT2D eigenvalue weighted by Crippen LogP contribution is -2.42. The molecule has 2 heterocycles. The van der Waals surface area contributed by atoms with Gasteiger partial charge in [0.2, 0.25) is 10.0 Å². The predicted molar refractivity (Wildman–Crippen MR) is 120 cm³/mol. The number of carbonyl (C=O) groups excluding carboxylic acids is 1. The maximum Gasteiger partial charge on any atom is 0.254 e. The number of piperidine rings is 1. The van der Waals surface area contributed by atoms with Crippen molar-refractivity contribution in [2.75, 3.05) is 32.8 Å². The number of rotatable bonds is 4. The van der Waals surface area contributed by atoms with Gasteiger partial charge in [-0.3, -0.25) is 4.79 Å². The SMILES string of the molecule is O=C(c1ccc(S(=O)(=O)N2CCCCC2)cc1)N1CCO[C@H](c2cc(Cl)cc(Cl)c2)C1. The van der Waals surface area contributed by atoms with Gasteiger partial charge in [0.15, 0.2) is 0 Å². The first-order valence-electron chi connectivity index (χ1n) is 10.3. The smallest absolute Gasteiger partial charge is 0.254 e. The lowest BCUT2D eigenvalue weighted by molar-refractivity contribution is -0.0228. The summed E-state index contributed by atoms with van der Waals surface area (Å²) in [5, 5.41) is 1.03. The van der Waals surface area contributed by atoms with Gasteiger partial charge >= 0.3 is 0 Å². The second-order valence-electron chi connectivity index (χ2n) is 7.80. The van der Waals surface area contributed by atoms with Crippen LogP contribution in [-0.2, 0) is 14.8 Å². The minimum atomic E-state index is -3.52. The van der Waals surface area contributed by atoms with E-state index >= 15 is 0 Å². The zero-order valence-corrected chi connectivity index (χ0v) is 19.3. The van der Waals surface area contributed by atoms with E-state index in [9.17, 15) is 13.2 Å². The summed E-state index contributed by atoms with van der Waals surface area (Å²) in [6, 6.07) is 11.4. The molecule has 2 aliphatic heterocycles. The lowest BCUT2D eigenvalue weighted by Gasteiger charge is -2.33. The van der Waals surface area contributed by atoms with Gasteiger partial charge in [-0.2, -0.15) is 4.31 Å². The summed E-state index contributed by atoms with van der Waals surface area (Å²) in [4.78, 5) is 15.0. The van der Waals surface area contributed by atoms with Crippen LogP contribution in [0.15, 0.2) is 47.4 Å². The van der Waals surface area contributed by atoms with Crippen LogP contribution in [0.25, 0.3) is 0 Å². The number of nitrogens with zero attached hydrogens (tertiary/aromatic N) is 2. The molecule has 6 nitrogen and oxygen atoms in total. The van der Waals surface area contributed by atoms with Gasteiger partial charge in [0.05, 0.1) is 18.0 Å². The molecule has 31 heavy (non-hydrogen) atoms. The highest BCUT2D eigenvalue weighted by Gasteiger charge is 2.28. The second-order valence-corrected chi connectivity index (χ2v) is 10.6. The molecule has 1 atom stereocenters. The Bertz CT molecular complexity index is 1030. The number of amides is 1. The standard InChI is InChI=1S/C22H24Cl2N2O4S/c23-18-12-17(13-19(24)14-18)21-15-25(10-11-30-21)22(27)16-4-6-20(7-5-16)31(28,29)26-8-2-1-3-9-26/h4-7,12-14,21H,1-3,8-11,15H2/t21-/m0/s1. The third-order valence-corrected chi connectivity index (χ3v) is 8.01. The molecule has 9 heteroatoms. The third kappa shape index (κ3) is 5.07. The van der Waals surface area contributed by atoms with Crippen LogP contribution in [0.4, 0.5) is 0 Å². The van der Waals surface area contributed by atoms with E-state index in [4.69, 9.17) is 27.9 Å². The average Bonchev–Trinajstić information content (AvgIpc) is 2.79. The Hall–Kier alpha value is -1.64.